The van der Waals surface area contributed by atoms with Gasteiger partial charge in [0, 0.05) is 9.89 Å². The van der Waals surface area contributed by atoms with Gasteiger partial charge in [-0.2, -0.15) is 0 Å². The molecule has 1 unspecified atom stereocenters. The molecule has 0 saturated heterocycles. The van der Waals surface area contributed by atoms with E-state index in [0.29, 0.717) is 5.75 Å². The van der Waals surface area contributed by atoms with Crippen molar-refractivity contribution in [2.75, 3.05) is 5.32 Å². The van der Waals surface area contributed by atoms with Crippen molar-refractivity contribution in [1.29, 1.82) is 0 Å². The molecule has 1 amide bonds. The Bertz CT molecular complexity index is 936. The summed E-state index contributed by atoms with van der Waals surface area (Å²) in [5.41, 5.74) is 3.06. The van der Waals surface area contributed by atoms with Crippen LogP contribution in [-0.2, 0) is 10.2 Å². The summed E-state index contributed by atoms with van der Waals surface area (Å²) in [6.45, 7) is 6.14. The van der Waals surface area contributed by atoms with Gasteiger partial charge in [-0.15, -0.1) is 0 Å². The van der Waals surface area contributed by atoms with Crippen LogP contribution in [0.5, 0.6) is 5.75 Å². The molecule has 1 atom stereocenters. The van der Waals surface area contributed by atoms with E-state index in [1.54, 1.807) is 6.92 Å². The van der Waals surface area contributed by atoms with Gasteiger partial charge in [0.05, 0.1) is 5.69 Å². The van der Waals surface area contributed by atoms with E-state index in [-0.39, 0.29) is 11.3 Å². The molecule has 0 aliphatic carbocycles. The molecule has 3 rings (SSSR count). The van der Waals surface area contributed by atoms with E-state index < -0.39 is 6.10 Å². The molecule has 144 valence electrons. The first-order valence-electron chi connectivity index (χ1n) is 9.26. The zero-order valence-corrected chi connectivity index (χ0v) is 17.9. The Kier molecular flexibility index (Phi) is 6.20. The van der Waals surface area contributed by atoms with E-state index in [2.05, 4.69) is 71.5 Å². The van der Waals surface area contributed by atoms with Gasteiger partial charge in [0.2, 0.25) is 0 Å². The standard InChI is InChI=1S/C24H24BrNO2/c1-17(23(27)26-22-12-8-7-11-21(22)25)28-20-15-13-19(14-16-20)24(2,3)18-9-5-4-6-10-18/h4-17H,1-3H3,(H,26,27). The first-order chi connectivity index (χ1) is 13.4. The summed E-state index contributed by atoms with van der Waals surface area (Å²) in [4.78, 5) is 12.4. The second-order valence-electron chi connectivity index (χ2n) is 7.24. The van der Waals surface area contributed by atoms with Gasteiger partial charge >= 0.3 is 0 Å². The van der Waals surface area contributed by atoms with Crippen molar-refractivity contribution in [2.45, 2.75) is 32.3 Å². The van der Waals surface area contributed by atoms with Gasteiger partial charge in [-0.25, -0.2) is 0 Å². The van der Waals surface area contributed by atoms with Crippen LogP contribution in [0.3, 0.4) is 0 Å². The highest BCUT2D eigenvalue weighted by Crippen LogP contribution is 2.32. The summed E-state index contributed by atoms with van der Waals surface area (Å²) >= 11 is 3.43. The number of ether oxygens (including phenoxy) is 1. The number of carbonyl (C=O) groups excluding carboxylic acids is 1. The average molecular weight is 438 g/mol. The van der Waals surface area contributed by atoms with Crippen LogP contribution in [0, 0.1) is 0 Å². The number of hydrogen-bond acceptors (Lipinski definition) is 2. The van der Waals surface area contributed by atoms with Crippen molar-refractivity contribution >= 4 is 27.5 Å². The molecule has 3 aromatic carbocycles. The highest BCUT2D eigenvalue weighted by molar-refractivity contribution is 9.10. The second kappa shape index (κ2) is 8.61. The third kappa shape index (κ3) is 4.63. The monoisotopic (exact) mass is 437 g/mol. The van der Waals surface area contributed by atoms with Crippen molar-refractivity contribution in [3.8, 4) is 5.75 Å². The number of nitrogens with one attached hydrogen (secondary N) is 1. The van der Waals surface area contributed by atoms with Crippen molar-refractivity contribution in [1.82, 2.24) is 0 Å². The predicted octanol–water partition coefficient (Wildman–Crippen LogP) is 6.18. The van der Waals surface area contributed by atoms with Crippen LogP contribution in [0.1, 0.15) is 31.9 Å². The Balaban J connectivity index is 1.67. The lowest BCUT2D eigenvalue weighted by atomic mass is 9.78. The van der Waals surface area contributed by atoms with Crippen LogP contribution < -0.4 is 10.1 Å². The molecule has 1 N–H and O–H groups in total. The molecular weight excluding hydrogens is 414 g/mol. The summed E-state index contributed by atoms with van der Waals surface area (Å²) in [5, 5.41) is 2.88. The molecule has 0 heterocycles. The van der Waals surface area contributed by atoms with Gasteiger partial charge in [-0.3, -0.25) is 4.79 Å². The van der Waals surface area contributed by atoms with Crippen molar-refractivity contribution in [2.24, 2.45) is 0 Å². The van der Waals surface area contributed by atoms with Crippen molar-refractivity contribution < 1.29 is 9.53 Å². The normalized spacial score (nSPS) is 12.3. The zero-order chi connectivity index (χ0) is 20.1. The minimum absolute atomic E-state index is 0.109. The highest BCUT2D eigenvalue weighted by atomic mass is 79.9. The Labute approximate surface area is 174 Å². The van der Waals surface area contributed by atoms with Gasteiger partial charge < -0.3 is 10.1 Å². The molecule has 0 aliphatic heterocycles. The number of halogens is 1. The number of carbonyl (C=O) groups is 1. The molecule has 0 fully saturated rings. The maximum Gasteiger partial charge on any atom is 0.265 e. The average Bonchev–Trinajstić information content (AvgIpc) is 2.70. The maximum atomic E-state index is 12.4. The van der Waals surface area contributed by atoms with Gasteiger partial charge in [0.1, 0.15) is 5.75 Å². The fourth-order valence-electron chi connectivity index (χ4n) is 3.03. The fraction of sp³-hybridized carbons (Fsp3) is 0.208. The molecule has 0 radical (unpaired) electrons. The molecule has 0 spiro atoms. The first-order valence-corrected chi connectivity index (χ1v) is 10.1. The number of benzene rings is 3. The molecule has 0 aromatic heterocycles. The number of rotatable bonds is 6. The minimum atomic E-state index is -0.611. The van der Waals surface area contributed by atoms with Crippen LogP contribution >= 0.6 is 15.9 Å². The molecule has 28 heavy (non-hydrogen) atoms. The van der Waals surface area contributed by atoms with Crippen molar-refractivity contribution in [3.05, 3.63) is 94.5 Å². The number of amides is 1. The van der Waals surface area contributed by atoms with Crippen LogP contribution in [0.15, 0.2) is 83.3 Å². The Morgan fingerprint density at radius 1 is 0.893 bits per heavy atom. The molecule has 3 nitrogen and oxygen atoms in total. The van der Waals surface area contributed by atoms with Gasteiger partial charge in [-0.05, 0) is 58.2 Å². The maximum absolute atomic E-state index is 12.4. The summed E-state index contributed by atoms with van der Waals surface area (Å²) in [7, 11) is 0. The molecule has 4 heteroatoms. The smallest absolute Gasteiger partial charge is 0.265 e. The van der Waals surface area contributed by atoms with Gasteiger partial charge in [0.25, 0.3) is 5.91 Å². The zero-order valence-electron chi connectivity index (χ0n) is 16.3. The topological polar surface area (TPSA) is 38.3 Å². The lowest BCUT2D eigenvalue weighted by molar-refractivity contribution is -0.122. The second-order valence-corrected chi connectivity index (χ2v) is 8.10. The quantitative estimate of drug-likeness (QED) is 0.499. The lowest BCUT2D eigenvalue weighted by Gasteiger charge is -2.26. The van der Waals surface area contributed by atoms with Gasteiger partial charge in [-0.1, -0.05) is 68.4 Å². The first kappa shape index (κ1) is 20.2. The van der Waals surface area contributed by atoms with Crippen LogP contribution in [0.2, 0.25) is 0 Å². The van der Waals surface area contributed by atoms with E-state index in [1.807, 2.05) is 42.5 Å². The molecular formula is C24H24BrNO2. The third-order valence-electron chi connectivity index (χ3n) is 4.89. The van der Waals surface area contributed by atoms with E-state index in [1.165, 1.54) is 11.1 Å². The minimum Gasteiger partial charge on any atom is -0.481 e. The van der Waals surface area contributed by atoms with Crippen molar-refractivity contribution in [3.63, 3.8) is 0 Å². The molecule has 0 aliphatic rings. The summed E-state index contributed by atoms with van der Waals surface area (Å²) in [5.74, 6) is 0.475. The van der Waals surface area contributed by atoms with Gasteiger partial charge in [0.15, 0.2) is 6.10 Å². The van der Waals surface area contributed by atoms with Crippen LogP contribution in [-0.4, -0.2) is 12.0 Å². The van der Waals surface area contributed by atoms with E-state index >= 15 is 0 Å². The largest absolute Gasteiger partial charge is 0.481 e. The van der Waals surface area contributed by atoms with E-state index in [4.69, 9.17) is 4.74 Å². The van der Waals surface area contributed by atoms with Crippen LogP contribution in [0.25, 0.3) is 0 Å². The third-order valence-corrected chi connectivity index (χ3v) is 5.58. The number of anilines is 1. The Hall–Kier alpha value is -2.59. The SMILES string of the molecule is CC(Oc1ccc(C(C)(C)c2ccccc2)cc1)C(=O)Nc1ccccc1Br. The summed E-state index contributed by atoms with van der Waals surface area (Å²) in [6, 6.07) is 25.9. The number of para-hydroxylation sites is 1. The Morgan fingerprint density at radius 2 is 1.46 bits per heavy atom. The Morgan fingerprint density at radius 3 is 2.11 bits per heavy atom. The molecule has 3 aromatic rings. The van der Waals surface area contributed by atoms with E-state index in [0.717, 1.165) is 10.2 Å². The van der Waals surface area contributed by atoms with Crippen LogP contribution in [0.4, 0.5) is 5.69 Å². The number of hydrogen-bond donors (Lipinski definition) is 1. The fourth-order valence-corrected chi connectivity index (χ4v) is 3.41. The molecule has 0 bridgehead atoms. The summed E-state index contributed by atoms with van der Waals surface area (Å²) in [6.07, 6.45) is -0.611. The predicted molar refractivity (Wildman–Crippen MR) is 118 cm³/mol. The highest BCUT2D eigenvalue weighted by Gasteiger charge is 2.23. The summed E-state index contributed by atoms with van der Waals surface area (Å²) < 4.78 is 6.67. The molecule has 0 saturated carbocycles. The van der Waals surface area contributed by atoms with E-state index in [9.17, 15) is 4.79 Å². The lowest BCUT2D eigenvalue weighted by Crippen LogP contribution is -2.30.